The Morgan fingerprint density at radius 1 is 1.39 bits per heavy atom. The first kappa shape index (κ1) is 15.7. The Hall–Kier alpha value is -2.21. The van der Waals surface area contributed by atoms with E-state index in [9.17, 15) is 14.0 Å². The van der Waals surface area contributed by atoms with Crippen LogP contribution in [0.25, 0.3) is 0 Å². The predicted molar refractivity (Wildman–Crippen MR) is 86.6 cm³/mol. The van der Waals surface area contributed by atoms with Gasteiger partial charge in [-0.1, -0.05) is 6.07 Å². The molecule has 1 heterocycles. The highest BCUT2D eigenvalue weighted by atomic mass is 32.1. The summed E-state index contributed by atoms with van der Waals surface area (Å²) in [5, 5.41) is 5.06. The van der Waals surface area contributed by atoms with Crippen LogP contribution >= 0.6 is 11.3 Å². The second-order valence-corrected chi connectivity index (χ2v) is 6.23. The average Bonchev–Trinajstić information content (AvgIpc) is 3.28. The van der Waals surface area contributed by atoms with E-state index in [1.807, 2.05) is 5.38 Å². The number of benzene rings is 1. The van der Waals surface area contributed by atoms with Gasteiger partial charge in [-0.2, -0.15) is 0 Å². The fourth-order valence-electron chi connectivity index (χ4n) is 2.38. The molecule has 0 saturated heterocycles. The van der Waals surface area contributed by atoms with Crippen molar-refractivity contribution in [1.29, 1.82) is 0 Å². The molecule has 120 valence electrons. The number of nitrogens with one attached hydrogen (secondary N) is 1. The van der Waals surface area contributed by atoms with Gasteiger partial charge in [0.1, 0.15) is 10.8 Å². The molecule has 1 N–H and O–H groups in total. The summed E-state index contributed by atoms with van der Waals surface area (Å²) in [5.74, 6) is -0.983. The van der Waals surface area contributed by atoms with Crippen LogP contribution in [0.3, 0.4) is 0 Å². The number of ether oxygens (including phenoxy) is 1. The number of carbonyl (C=O) groups is 2. The van der Waals surface area contributed by atoms with Gasteiger partial charge >= 0.3 is 5.97 Å². The highest BCUT2D eigenvalue weighted by Gasteiger charge is 2.32. The van der Waals surface area contributed by atoms with E-state index >= 15 is 0 Å². The maximum atomic E-state index is 13.2. The normalized spacial score (nSPS) is 13.7. The van der Waals surface area contributed by atoms with Crippen molar-refractivity contribution in [2.75, 3.05) is 11.9 Å². The van der Waals surface area contributed by atoms with E-state index in [0.717, 1.165) is 24.5 Å². The molecule has 2 aromatic rings. The Bertz CT molecular complexity index is 752. The van der Waals surface area contributed by atoms with E-state index in [2.05, 4.69) is 5.32 Å². The van der Waals surface area contributed by atoms with Gasteiger partial charge in [-0.05, 0) is 54.8 Å². The van der Waals surface area contributed by atoms with Crippen LogP contribution in [-0.2, 0) is 4.74 Å². The number of rotatable bonds is 5. The monoisotopic (exact) mass is 333 g/mol. The number of halogens is 1. The molecule has 1 amide bonds. The number of hydrogen-bond acceptors (Lipinski definition) is 4. The Balaban J connectivity index is 1.87. The van der Waals surface area contributed by atoms with E-state index in [1.54, 1.807) is 6.92 Å². The van der Waals surface area contributed by atoms with Gasteiger partial charge < -0.3 is 10.1 Å². The van der Waals surface area contributed by atoms with E-state index < -0.39 is 17.7 Å². The average molecular weight is 333 g/mol. The number of amides is 1. The summed E-state index contributed by atoms with van der Waals surface area (Å²) >= 11 is 1.30. The van der Waals surface area contributed by atoms with Crippen molar-refractivity contribution in [3.05, 3.63) is 52.2 Å². The van der Waals surface area contributed by atoms with E-state index in [0.29, 0.717) is 16.5 Å². The van der Waals surface area contributed by atoms with Crippen LogP contribution in [0.2, 0.25) is 0 Å². The third-order valence-corrected chi connectivity index (χ3v) is 4.54. The summed E-state index contributed by atoms with van der Waals surface area (Å²) in [4.78, 5) is 24.5. The topological polar surface area (TPSA) is 55.4 Å². The molecule has 23 heavy (non-hydrogen) atoms. The Labute approximate surface area is 137 Å². The zero-order valence-electron chi connectivity index (χ0n) is 12.6. The molecule has 0 aliphatic heterocycles. The predicted octanol–water partition coefficient (Wildman–Crippen LogP) is 4.19. The molecule has 0 spiro atoms. The molecule has 0 unspecified atom stereocenters. The highest BCUT2D eigenvalue weighted by molar-refractivity contribution is 7.15. The second-order valence-electron chi connectivity index (χ2n) is 5.35. The van der Waals surface area contributed by atoms with Crippen LogP contribution in [0.1, 0.15) is 52.0 Å². The first-order valence-electron chi connectivity index (χ1n) is 7.45. The molecule has 0 atom stereocenters. The quantitative estimate of drug-likeness (QED) is 0.835. The molecule has 6 heteroatoms. The fraction of sp³-hybridized carbons (Fsp3) is 0.294. The number of esters is 1. The third-order valence-electron chi connectivity index (χ3n) is 3.63. The largest absolute Gasteiger partial charge is 0.462 e. The first-order chi connectivity index (χ1) is 11.1. The third kappa shape index (κ3) is 3.42. The molecule has 1 fully saturated rings. The van der Waals surface area contributed by atoms with Crippen molar-refractivity contribution in [3.8, 4) is 0 Å². The van der Waals surface area contributed by atoms with E-state index in [-0.39, 0.29) is 12.2 Å². The van der Waals surface area contributed by atoms with Gasteiger partial charge in [0.15, 0.2) is 0 Å². The maximum absolute atomic E-state index is 13.2. The number of anilines is 1. The zero-order chi connectivity index (χ0) is 16.4. The smallest absolute Gasteiger partial charge is 0.341 e. The molecule has 1 aromatic heterocycles. The fourth-order valence-corrected chi connectivity index (χ4v) is 3.40. The number of thiophene rings is 1. The van der Waals surface area contributed by atoms with Gasteiger partial charge in [-0.25, -0.2) is 9.18 Å². The Morgan fingerprint density at radius 3 is 2.83 bits per heavy atom. The van der Waals surface area contributed by atoms with E-state index in [1.165, 1.54) is 29.5 Å². The lowest BCUT2D eigenvalue weighted by molar-refractivity contribution is 0.0527. The summed E-state index contributed by atoms with van der Waals surface area (Å²) < 4.78 is 18.3. The highest BCUT2D eigenvalue weighted by Crippen LogP contribution is 2.46. The second kappa shape index (κ2) is 6.50. The van der Waals surface area contributed by atoms with Crippen LogP contribution in [0.4, 0.5) is 9.39 Å². The van der Waals surface area contributed by atoms with Crippen molar-refractivity contribution in [3.63, 3.8) is 0 Å². The van der Waals surface area contributed by atoms with Crippen LogP contribution in [-0.4, -0.2) is 18.5 Å². The Morgan fingerprint density at radius 2 is 2.17 bits per heavy atom. The van der Waals surface area contributed by atoms with Crippen LogP contribution < -0.4 is 5.32 Å². The van der Waals surface area contributed by atoms with Gasteiger partial charge in [-0.3, -0.25) is 4.79 Å². The van der Waals surface area contributed by atoms with Crippen LogP contribution in [0.5, 0.6) is 0 Å². The lowest BCUT2D eigenvalue weighted by Crippen LogP contribution is -2.15. The van der Waals surface area contributed by atoms with Crippen LogP contribution in [0.15, 0.2) is 29.6 Å². The molecule has 1 aromatic carbocycles. The first-order valence-corrected chi connectivity index (χ1v) is 8.33. The van der Waals surface area contributed by atoms with Crippen molar-refractivity contribution in [2.45, 2.75) is 25.7 Å². The van der Waals surface area contributed by atoms with Crippen molar-refractivity contribution >= 4 is 28.2 Å². The summed E-state index contributed by atoms with van der Waals surface area (Å²) in [5.41, 5.74) is 1.58. The lowest BCUT2D eigenvalue weighted by Gasteiger charge is -2.08. The summed E-state index contributed by atoms with van der Waals surface area (Å²) in [6.07, 6.45) is 2.08. The zero-order valence-corrected chi connectivity index (χ0v) is 13.4. The van der Waals surface area contributed by atoms with Gasteiger partial charge in [0.25, 0.3) is 5.91 Å². The molecule has 1 aliphatic rings. The molecule has 0 bridgehead atoms. The molecular weight excluding hydrogens is 317 g/mol. The summed E-state index contributed by atoms with van der Waals surface area (Å²) in [7, 11) is 0. The minimum absolute atomic E-state index is 0.209. The van der Waals surface area contributed by atoms with Gasteiger partial charge in [0.2, 0.25) is 0 Å². The minimum atomic E-state index is -0.479. The SMILES string of the molecule is CCOC(=O)c1c(C2CC2)csc1NC(=O)c1cccc(F)c1. The molecule has 1 aliphatic carbocycles. The minimum Gasteiger partial charge on any atom is -0.462 e. The molecular formula is C17H16FNO3S. The van der Waals surface area contributed by atoms with Gasteiger partial charge in [0.05, 0.1) is 12.2 Å². The molecule has 0 radical (unpaired) electrons. The van der Waals surface area contributed by atoms with E-state index in [4.69, 9.17) is 4.74 Å². The number of hydrogen-bond donors (Lipinski definition) is 1. The van der Waals surface area contributed by atoms with Crippen molar-refractivity contribution in [1.82, 2.24) is 0 Å². The molecule has 3 rings (SSSR count). The molecule has 1 saturated carbocycles. The summed E-state index contributed by atoms with van der Waals surface area (Å²) in [6, 6.07) is 5.43. The lowest BCUT2D eigenvalue weighted by atomic mass is 10.1. The van der Waals surface area contributed by atoms with Crippen LogP contribution in [0, 0.1) is 5.82 Å². The van der Waals surface area contributed by atoms with Gasteiger partial charge in [-0.15, -0.1) is 11.3 Å². The van der Waals surface area contributed by atoms with Crippen molar-refractivity contribution < 1.29 is 18.7 Å². The van der Waals surface area contributed by atoms with Gasteiger partial charge in [0, 0.05) is 5.56 Å². The maximum Gasteiger partial charge on any atom is 0.341 e. The molecule has 4 nitrogen and oxygen atoms in total. The van der Waals surface area contributed by atoms with Crippen molar-refractivity contribution in [2.24, 2.45) is 0 Å². The standard InChI is InChI=1S/C17H16FNO3S/c1-2-22-17(21)14-13(10-6-7-10)9-23-16(14)19-15(20)11-4-3-5-12(18)8-11/h3-5,8-10H,2,6-7H2,1H3,(H,19,20). The summed E-state index contributed by atoms with van der Waals surface area (Å²) in [6.45, 7) is 2.02. The Kier molecular flexibility index (Phi) is 4.43. The number of carbonyl (C=O) groups excluding carboxylic acids is 2.